The second-order valence-corrected chi connectivity index (χ2v) is 16.2. The van der Waals surface area contributed by atoms with E-state index in [2.05, 4.69) is 33.8 Å². The van der Waals surface area contributed by atoms with Crippen molar-refractivity contribution in [2.45, 2.75) is 92.3 Å². The van der Waals surface area contributed by atoms with Crippen molar-refractivity contribution in [1.82, 2.24) is 15.6 Å². The Kier molecular flexibility index (Phi) is 16.9. The highest BCUT2D eigenvalue weighted by atomic mass is 16.7. The number of amides is 3. The Morgan fingerprint density at radius 3 is 2.25 bits per heavy atom. The lowest BCUT2D eigenvalue weighted by Gasteiger charge is -2.24. The number of aliphatic imine (C=N–C) groups is 1. The molecule has 1 fully saturated rings. The topological polar surface area (TPSA) is 244 Å². The molecule has 2 atom stereocenters. The maximum absolute atomic E-state index is 14.2. The van der Waals surface area contributed by atoms with Crippen LogP contribution in [-0.4, -0.2) is 83.0 Å². The zero-order chi connectivity index (χ0) is 46.6. The fraction of sp³-hybridized carbons (Fsp3) is 0.391. The summed E-state index contributed by atoms with van der Waals surface area (Å²) in [4.78, 5) is 87.2. The number of rotatable bonds is 19. The number of pyridine rings is 1. The maximum atomic E-state index is 14.2. The van der Waals surface area contributed by atoms with Gasteiger partial charge in [-0.3, -0.25) is 9.59 Å². The van der Waals surface area contributed by atoms with Crippen LogP contribution in [0.15, 0.2) is 72.4 Å². The highest BCUT2D eigenvalue weighted by molar-refractivity contribution is 6.07. The smallest absolute Gasteiger partial charge is 0.438 e. The lowest BCUT2D eigenvalue weighted by Crippen LogP contribution is -2.47. The number of aliphatic hydroxyl groups excluding tert-OH is 1. The molecule has 336 valence electrons. The van der Waals surface area contributed by atoms with Gasteiger partial charge in [-0.1, -0.05) is 57.3 Å². The summed E-state index contributed by atoms with van der Waals surface area (Å²) in [7, 11) is 0. The molecule has 1 saturated carbocycles. The van der Waals surface area contributed by atoms with Crippen LogP contribution in [0.25, 0.3) is 17.2 Å². The van der Waals surface area contributed by atoms with Gasteiger partial charge in [-0.2, -0.15) is 4.99 Å². The average Bonchev–Trinajstić information content (AvgIpc) is 4.05. The van der Waals surface area contributed by atoms with Gasteiger partial charge in [0.2, 0.25) is 13.1 Å². The van der Waals surface area contributed by atoms with Crippen molar-refractivity contribution in [3.8, 4) is 11.1 Å². The molecule has 3 aromatic rings. The standard InChI is InChI=1S/C46H55N5O12/c1-10-30-20-35(37(53)19-28-13-15-31(16-14-28)40(47)51-44(57)62-27(6)61-26(4)5)34(21-32(30)23-52)33-17-18-36(41(54)48-22-29-11-12-29)49-39(33)43(56)60-24-59-42(55)38(25(2)3)50-45(58)63-46(7,8)9/h10,13-18,20-21,25,27,29,38,52H,1,4,11-12,19,22-24H2,2-3,5-9H3,(H,48,54)(H,50,58)(H2,47,51,57)/t27?,38-/m0/s1. The first-order valence-corrected chi connectivity index (χ1v) is 20.2. The Morgan fingerprint density at radius 2 is 1.67 bits per heavy atom. The van der Waals surface area contributed by atoms with E-state index in [-0.39, 0.29) is 40.3 Å². The van der Waals surface area contributed by atoms with Crippen molar-refractivity contribution in [3.05, 3.63) is 107 Å². The lowest BCUT2D eigenvalue weighted by molar-refractivity contribution is -0.156. The molecule has 17 heteroatoms. The molecule has 17 nitrogen and oxygen atoms in total. The predicted molar refractivity (Wildman–Crippen MR) is 232 cm³/mol. The summed E-state index contributed by atoms with van der Waals surface area (Å²) in [6.45, 7) is 17.9. The number of nitrogens with two attached hydrogens (primary N) is 1. The monoisotopic (exact) mass is 869 g/mol. The number of Topliss-reactive ketones (excluding diaryl/α,β-unsaturated/α-hetero) is 1. The second-order valence-electron chi connectivity index (χ2n) is 16.2. The number of alkyl carbamates (subject to hydrolysis) is 1. The Labute approximate surface area is 366 Å². The minimum atomic E-state index is -1.15. The highest BCUT2D eigenvalue weighted by Gasteiger charge is 2.30. The minimum absolute atomic E-state index is 0.0690. The predicted octanol–water partition coefficient (Wildman–Crippen LogP) is 6.39. The number of nitrogens with one attached hydrogen (secondary N) is 2. The molecule has 5 N–H and O–H groups in total. The van der Waals surface area contributed by atoms with Gasteiger partial charge >= 0.3 is 24.1 Å². The number of hydrogen-bond donors (Lipinski definition) is 4. The quantitative estimate of drug-likeness (QED) is 0.0194. The molecule has 1 unspecified atom stereocenters. The maximum Gasteiger partial charge on any atom is 0.438 e. The number of ketones is 1. The van der Waals surface area contributed by atoms with Crippen LogP contribution in [0.4, 0.5) is 9.59 Å². The van der Waals surface area contributed by atoms with Crippen LogP contribution in [-0.2, 0) is 41.5 Å². The molecule has 3 amide bonds. The van der Waals surface area contributed by atoms with E-state index in [0.717, 1.165) is 12.8 Å². The van der Waals surface area contributed by atoms with Crippen LogP contribution in [0.2, 0.25) is 0 Å². The summed E-state index contributed by atoms with van der Waals surface area (Å²) >= 11 is 0. The van der Waals surface area contributed by atoms with Gasteiger partial charge in [0, 0.05) is 36.6 Å². The largest absolute Gasteiger partial charge is 0.460 e. The molecular formula is C46H55N5O12. The Bertz CT molecular complexity index is 2260. The second kappa shape index (κ2) is 21.8. The lowest BCUT2D eigenvalue weighted by atomic mass is 9.89. The average molecular weight is 870 g/mol. The fourth-order valence-corrected chi connectivity index (χ4v) is 5.99. The number of nitrogens with zero attached hydrogens (tertiary/aromatic N) is 2. The first-order valence-electron chi connectivity index (χ1n) is 20.2. The van der Waals surface area contributed by atoms with E-state index in [1.54, 1.807) is 65.8 Å². The fourth-order valence-electron chi connectivity index (χ4n) is 5.99. The Balaban J connectivity index is 1.65. The molecule has 2 aromatic carbocycles. The van der Waals surface area contributed by atoms with Crippen molar-refractivity contribution in [2.24, 2.45) is 22.6 Å². The van der Waals surface area contributed by atoms with Gasteiger partial charge in [-0.15, -0.1) is 0 Å². The van der Waals surface area contributed by atoms with Gasteiger partial charge < -0.3 is 45.2 Å². The number of carbonyl (C=O) groups excluding carboxylic acids is 6. The summed E-state index contributed by atoms with van der Waals surface area (Å²) < 4.78 is 26.1. The molecule has 0 bridgehead atoms. The third kappa shape index (κ3) is 14.6. The summed E-state index contributed by atoms with van der Waals surface area (Å²) in [6, 6.07) is 11.1. The molecule has 0 aliphatic heterocycles. The third-order valence-electron chi connectivity index (χ3n) is 9.27. The molecular weight excluding hydrogens is 815 g/mol. The normalized spacial score (nSPS) is 13.5. The van der Waals surface area contributed by atoms with E-state index in [1.807, 2.05) is 0 Å². The first kappa shape index (κ1) is 48.8. The van der Waals surface area contributed by atoms with Crippen LogP contribution in [0, 0.1) is 11.8 Å². The molecule has 1 aliphatic rings. The number of aliphatic hydroxyl groups is 1. The van der Waals surface area contributed by atoms with Gasteiger partial charge in [0.25, 0.3) is 5.91 Å². The van der Waals surface area contributed by atoms with Crippen molar-refractivity contribution < 1.29 is 57.6 Å². The summed E-state index contributed by atoms with van der Waals surface area (Å²) in [5.41, 5.74) is 6.80. The summed E-state index contributed by atoms with van der Waals surface area (Å²) in [5, 5.41) is 15.6. The van der Waals surface area contributed by atoms with Crippen LogP contribution >= 0.6 is 0 Å². The minimum Gasteiger partial charge on any atom is -0.460 e. The van der Waals surface area contributed by atoms with Crippen molar-refractivity contribution in [2.75, 3.05) is 13.3 Å². The molecule has 1 heterocycles. The van der Waals surface area contributed by atoms with E-state index in [0.29, 0.717) is 40.5 Å². The SMILES string of the molecule is C=Cc1cc(C(=O)Cc2ccc(C(N)=NC(=O)OC(C)OC(=C)C)cc2)c(-c2ccc(C(=O)NCC3CC3)nc2C(=O)OCOC(=O)[C@@H](NC(=O)OC(C)(C)C)C(C)C)cc1CO. The van der Waals surface area contributed by atoms with Crippen molar-refractivity contribution in [3.63, 3.8) is 0 Å². The number of ether oxygens (including phenoxy) is 5. The van der Waals surface area contributed by atoms with Gasteiger partial charge in [-0.25, -0.2) is 24.2 Å². The highest BCUT2D eigenvalue weighted by Crippen LogP contribution is 2.32. The molecule has 1 aromatic heterocycles. The third-order valence-corrected chi connectivity index (χ3v) is 9.27. The van der Waals surface area contributed by atoms with E-state index in [4.69, 9.17) is 29.4 Å². The summed E-state index contributed by atoms with van der Waals surface area (Å²) in [5.74, 6) is -2.86. The van der Waals surface area contributed by atoms with Crippen molar-refractivity contribution in [1.29, 1.82) is 0 Å². The number of carbonyl (C=O) groups is 6. The number of hydrogen-bond acceptors (Lipinski definition) is 13. The summed E-state index contributed by atoms with van der Waals surface area (Å²) in [6.07, 6.45) is 0.514. The molecule has 0 radical (unpaired) electrons. The van der Waals surface area contributed by atoms with E-state index < -0.39 is 73.1 Å². The Hall–Kier alpha value is -6.88. The van der Waals surface area contributed by atoms with Crippen LogP contribution in [0.3, 0.4) is 0 Å². The van der Waals surface area contributed by atoms with Crippen molar-refractivity contribution >= 4 is 47.7 Å². The number of aromatic nitrogens is 1. The zero-order valence-corrected chi connectivity index (χ0v) is 36.6. The molecule has 63 heavy (non-hydrogen) atoms. The molecule has 0 saturated heterocycles. The van der Waals surface area contributed by atoms with E-state index >= 15 is 0 Å². The molecule has 4 rings (SSSR count). The van der Waals surface area contributed by atoms with Crippen LogP contribution in [0.1, 0.15) is 115 Å². The van der Waals surface area contributed by atoms with E-state index in [1.165, 1.54) is 37.3 Å². The van der Waals surface area contributed by atoms with Crippen LogP contribution in [0.5, 0.6) is 0 Å². The number of amidine groups is 1. The van der Waals surface area contributed by atoms with E-state index in [9.17, 15) is 33.9 Å². The van der Waals surface area contributed by atoms with Gasteiger partial charge in [0.15, 0.2) is 11.5 Å². The molecule has 1 aliphatic carbocycles. The van der Waals surface area contributed by atoms with Crippen LogP contribution < -0.4 is 16.4 Å². The number of esters is 2. The van der Waals surface area contributed by atoms with Gasteiger partial charge in [-0.05, 0) is 98.9 Å². The zero-order valence-electron chi connectivity index (χ0n) is 36.6. The Morgan fingerprint density at radius 1 is 0.984 bits per heavy atom. The number of allylic oxidation sites excluding steroid dienone is 1. The number of benzene rings is 2. The first-order chi connectivity index (χ1) is 29.7. The molecule has 0 spiro atoms. The van der Waals surface area contributed by atoms with Gasteiger partial charge in [0.05, 0.1) is 12.4 Å². The van der Waals surface area contributed by atoms with Gasteiger partial charge in [0.1, 0.15) is 23.2 Å².